The molecule has 6 heteroatoms. The van der Waals surface area contributed by atoms with E-state index in [4.69, 9.17) is 0 Å². The highest BCUT2D eigenvalue weighted by Gasteiger charge is 2.47. The Morgan fingerprint density at radius 2 is 2.00 bits per heavy atom. The van der Waals surface area contributed by atoms with E-state index in [-0.39, 0.29) is 11.8 Å². The van der Waals surface area contributed by atoms with E-state index in [2.05, 4.69) is 4.98 Å². The fraction of sp³-hybridized carbons (Fsp3) is 0.643. The normalized spacial score (nSPS) is 22.1. The maximum absolute atomic E-state index is 12.7. The van der Waals surface area contributed by atoms with Crippen LogP contribution in [0.2, 0.25) is 0 Å². The van der Waals surface area contributed by atoms with Gasteiger partial charge in [0.25, 0.3) is 5.91 Å². The van der Waals surface area contributed by atoms with Crippen LogP contribution < -0.4 is 0 Å². The van der Waals surface area contributed by atoms with E-state index in [9.17, 15) is 9.59 Å². The molecule has 110 valence electrons. The average molecular weight is 295 g/mol. The summed E-state index contributed by atoms with van der Waals surface area (Å²) in [4.78, 5) is 33.4. The molecule has 1 saturated heterocycles. The maximum atomic E-state index is 12.7. The topological polar surface area (TPSA) is 53.5 Å². The Labute approximate surface area is 123 Å². The van der Waals surface area contributed by atoms with Crippen LogP contribution in [0.1, 0.15) is 40.1 Å². The molecule has 1 aliphatic rings. The minimum absolute atomic E-state index is 0.0118. The van der Waals surface area contributed by atoms with Crippen LogP contribution in [0.4, 0.5) is 0 Å². The molecule has 0 bridgehead atoms. The first-order valence-electron chi connectivity index (χ1n) is 6.75. The zero-order chi connectivity index (χ0) is 15.1. The first-order chi connectivity index (χ1) is 9.27. The van der Waals surface area contributed by atoms with Gasteiger partial charge in [-0.15, -0.1) is 11.3 Å². The number of hydrogen-bond donors (Lipinski definition) is 0. The highest BCUT2D eigenvalue weighted by atomic mass is 32.1. The second-order valence-electron chi connectivity index (χ2n) is 5.68. The molecule has 0 unspecified atom stereocenters. The van der Waals surface area contributed by atoms with Crippen molar-refractivity contribution in [1.29, 1.82) is 0 Å². The number of aromatic nitrogens is 1. The Bertz CT molecular complexity index is 553. The van der Waals surface area contributed by atoms with Gasteiger partial charge in [-0.3, -0.25) is 9.59 Å². The summed E-state index contributed by atoms with van der Waals surface area (Å²) in [5.74, 6) is -0.0782. The molecular formula is C14H21N3O2S. The van der Waals surface area contributed by atoms with Gasteiger partial charge in [0.1, 0.15) is 10.4 Å². The van der Waals surface area contributed by atoms with Crippen molar-refractivity contribution in [1.82, 2.24) is 14.8 Å². The molecule has 2 heterocycles. The van der Waals surface area contributed by atoms with E-state index < -0.39 is 5.54 Å². The molecule has 1 aromatic rings. The van der Waals surface area contributed by atoms with Gasteiger partial charge in [0.15, 0.2) is 0 Å². The van der Waals surface area contributed by atoms with Gasteiger partial charge >= 0.3 is 0 Å². The third-order valence-corrected chi connectivity index (χ3v) is 4.91. The van der Waals surface area contributed by atoms with Crippen LogP contribution in [0.5, 0.6) is 0 Å². The Hall–Kier alpha value is -1.43. The monoisotopic (exact) mass is 295 g/mol. The number of likely N-dealkylation sites (N-methyl/N-ethyl adjacent to an activating group) is 1. The van der Waals surface area contributed by atoms with Crippen molar-refractivity contribution in [3.8, 4) is 0 Å². The number of thiazole rings is 1. The van der Waals surface area contributed by atoms with E-state index in [1.807, 2.05) is 20.8 Å². The van der Waals surface area contributed by atoms with Crippen molar-refractivity contribution in [2.45, 2.75) is 39.2 Å². The molecule has 2 rings (SSSR count). The summed E-state index contributed by atoms with van der Waals surface area (Å²) in [5.41, 5.74) is 0.0225. The molecule has 0 spiro atoms. The van der Waals surface area contributed by atoms with E-state index in [1.54, 1.807) is 23.9 Å². The molecule has 20 heavy (non-hydrogen) atoms. The summed E-state index contributed by atoms with van der Waals surface area (Å²) < 4.78 is 0. The van der Waals surface area contributed by atoms with Gasteiger partial charge in [-0.2, -0.15) is 0 Å². The van der Waals surface area contributed by atoms with Crippen LogP contribution in [-0.4, -0.2) is 52.8 Å². The molecule has 5 nitrogen and oxygen atoms in total. The third kappa shape index (κ3) is 2.32. The van der Waals surface area contributed by atoms with Crippen molar-refractivity contribution in [3.05, 3.63) is 15.6 Å². The van der Waals surface area contributed by atoms with Crippen molar-refractivity contribution >= 4 is 23.2 Å². The van der Waals surface area contributed by atoms with Crippen molar-refractivity contribution in [2.24, 2.45) is 0 Å². The van der Waals surface area contributed by atoms with Crippen LogP contribution in [0.15, 0.2) is 0 Å². The zero-order valence-electron chi connectivity index (χ0n) is 12.7. The molecule has 1 fully saturated rings. The number of carbonyl (C=O) groups is 2. The standard InChI is InChI=1S/C14H21N3O2S/c1-9-11(20-10(2)15-9)12(18)17-8-6-7-14(17,3)13(19)16(4)5/h6-8H2,1-5H3/t14-/m0/s1. The number of hydrogen-bond acceptors (Lipinski definition) is 4. The predicted octanol–water partition coefficient (Wildman–Crippen LogP) is 1.84. The lowest BCUT2D eigenvalue weighted by molar-refractivity contribution is -0.138. The number of nitrogens with zero attached hydrogens (tertiary/aromatic N) is 3. The molecule has 1 aromatic heterocycles. The van der Waals surface area contributed by atoms with E-state index >= 15 is 0 Å². The van der Waals surface area contributed by atoms with Gasteiger partial charge in [-0.25, -0.2) is 4.98 Å². The van der Waals surface area contributed by atoms with E-state index in [1.165, 1.54) is 11.3 Å². The molecule has 0 radical (unpaired) electrons. The summed E-state index contributed by atoms with van der Waals surface area (Å²) >= 11 is 1.40. The fourth-order valence-corrected chi connectivity index (χ4v) is 3.71. The summed E-state index contributed by atoms with van der Waals surface area (Å²) in [7, 11) is 3.47. The smallest absolute Gasteiger partial charge is 0.266 e. The Morgan fingerprint density at radius 1 is 1.35 bits per heavy atom. The van der Waals surface area contributed by atoms with Crippen molar-refractivity contribution < 1.29 is 9.59 Å². The summed E-state index contributed by atoms with van der Waals surface area (Å²) in [5, 5.41) is 0.880. The quantitative estimate of drug-likeness (QED) is 0.836. The largest absolute Gasteiger partial charge is 0.347 e. The molecule has 0 aromatic carbocycles. The lowest BCUT2D eigenvalue weighted by Crippen LogP contribution is -2.55. The Balaban J connectivity index is 2.34. The molecule has 2 amide bonds. The van der Waals surface area contributed by atoms with Crippen LogP contribution in [0.3, 0.4) is 0 Å². The van der Waals surface area contributed by atoms with Crippen LogP contribution in [-0.2, 0) is 4.79 Å². The van der Waals surface area contributed by atoms with Gasteiger partial charge in [0, 0.05) is 20.6 Å². The number of rotatable bonds is 2. The van der Waals surface area contributed by atoms with Crippen molar-refractivity contribution in [3.63, 3.8) is 0 Å². The lowest BCUT2D eigenvalue weighted by atomic mass is 9.97. The third-order valence-electron chi connectivity index (χ3n) is 3.85. The molecule has 1 atom stereocenters. The van der Waals surface area contributed by atoms with Gasteiger partial charge < -0.3 is 9.80 Å². The maximum Gasteiger partial charge on any atom is 0.266 e. The summed E-state index contributed by atoms with van der Waals surface area (Å²) in [6.07, 6.45) is 1.57. The highest BCUT2D eigenvalue weighted by molar-refractivity contribution is 7.13. The van der Waals surface area contributed by atoms with Gasteiger partial charge in [-0.1, -0.05) is 0 Å². The minimum Gasteiger partial charge on any atom is -0.347 e. The second kappa shape index (κ2) is 5.16. The molecule has 0 saturated carbocycles. The van der Waals surface area contributed by atoms with E-state index in [0.717, 1.165) is 17.1 Å². The van der Waals surface area contributed by atoms with Crippen LogP contribution in [0, 0.1) is 13.8 Å². The number of amides is 2. The minimum atomic E-state index is -0.731. The van der Waals surface area contributed by atoms with E-state index in [0.29, 0.717) is 17.8 Å². The molecule has 1 aliphatic heterocycles. The van der Waals surface area contributed by atoms with Crippen molar-refractivity contribution in [2.75, 3.05) is 20.6 Å². The molecular weight excluding hydrogens is 274 g/mol. The first kappa shape index (κ1) is 15.0. The number of aryl methyl sites for hydroxylation is 2. The fourth-order valence-electron chi connectivity index (χ4n) is 2.85. The molecule has 0 N–H and O–H groups in total. The summed E-state index contributed by atoms with van der Waals surface area (Å²) in [6, 6.07) is 0. The number of likely N-dealkylation sites (tertiary alicyclic amines) is 1. The lowest BCUT2D eigenvalue weighted by Gasteiger charge is -2.35. The van der Waals surface area contributed by atoms with Gasteiger partial charge in [0.05, 0.1) is 10.7 Å². The summed E-state index contributed by atoms with van der Waals surface area (Å²) in [6.45, 7) is 6.23. The SMILES string of the molecule is Cc1nc(C)c(C(=O)N2CCC[C@@]2(C)C(=O)N(C)C)s1. The Kier molecular flexibility index (Phi) is 3.86. The number of carbonyl (C=O) groups excluding carboxylic acids is 2. The van der Waals surface area contributed by atoms with Gasteiger partial charge in [0.2, 0.25) is 5.91 Å². The second-order valence-corrected chi connectivity index (χ2v) is 6.88. The Morgan fingerprint density at radius 3 is 2.50 bits per heavy atom. The van der Waals surface area contributed by atoms with Crippen LogP contribution in [0.25, 0.3) is 0 Å². The predicted molar refractivity (Wildman–Crippen MR) is 79.0 cm³/mol. The van der Waals surface area contributed by atoms with Crippen LogP contribution >= 0.6 is 11.3 Å². The first-order valence-corrected chi connectivity index (χ1v) is 7.57. The zero-order valence-corrected chi connectivity index (χ0v) is 13.5. The van der Waals surface area contributed by atoms with Gasteiger partial charge in [-0.05, 0) is 33.6 Å². The highest BCUT2D eigenvalue weighted by Crippen LogP contribution is 2.33. The molecule has 0 aliphatic carbocycles. The average Bonchev–Trinajstić information content (AvgIpc) is 2.91.